The molecule has 0 saturated heterocycles. The lowest BCUT2D eigenvalue weighted by atomic mass is 9.84. The Hall–Kier alpha value is -1.44. The molecule has 0 rings (SSSR count). The Morgan fingerprint density at radius 2 is 1.63 bits per heavy atom. The van der Waals surface area contributed by atoms with Crippen molar-refractivity contribution in [2.45, 2.75) is 105 Å². The minimum absolute atomic E-state index is 0.0304. The predicted molar refractivity (Wildman–Crippen MR) is 141 cm³/mol. The van der Waals surface area contributed by atoms with Crippen LogP contribution in [0.4, 0.5) is 0 Å². The van der Waals surface area contributed by atoms with Crippen molar-refractivity contribution in [1.29, 1.82) is 0 Å². The molecular formula is C28H53NO6. The highest BCUT2D eigenvalue weighted by atomic mass is 16.5. The monoisotopic (exact) mass is 499 g/mol. The molecule has 0 saturated carbocycles. The van der Waals surface area contributed by atoms with Crippen LogP contribution in [0.5, 0.6) is 0 Å². The van der Waals surface area contributed by atoms with Crippen molar-refractivity contribution in [2.75, 3.05) is 27.9 Å². The van der Waals surface area contributed by atoms with Crippen LogP contribution in [0, 0.1) is 23.7 Å². The topological polar surface area (TPSA) is 74.3 Å². The van der Waals surface area contributed by atoms with Gasteiger partial charge in [0.15, 0.2) is 0 Å². The number of hydrogen-bond acceptors (Lipinski definition) is 6. The summed E-state index contributed by atoms with van der Waals surface area (Å²) < 4.78 is 23.7. The van der Waals surface area contributed by atoms with E-state index in [1.165, 1.54) is 4.90 Å². The number of carbonyl (C=O) groups excluding carboxylic acids is 2. The molecule has 0 aromatic heterocycles. The fourth-order valence-corrected chi connectivity index (χ4v) is 4.32. The van der Waals surface area contributed by atoms with Gasteiger partial charge in [-0.05, 0) is 38.0 Å². The Morgan fingerprint density at radius 1 is 0.971 bits per heavy atom. The van der Waals surface area contributed by atoms with Gasteiger partial charge in [-0.15, -0.1) is 0 Å². The van der Waals surface area contributed by atoms with Crippen LogP contribution >= 0.6 is 0 Å². The first-order chi connectivity index (χ1) is 16.6. The Bertz CT molecular complexity index is 596. The molecule has 206 valence electrons. The first-order valence-corrected chi connectivity index (χ1v) is 13.3. The number of methoxy groups -OCH3 is 2. The molecule has 7 atom stereocenters. The van der Waals surface area contributed by atoms with Gasteiger partial charge < -0.3 is 23.8 Å². The van der Waals surface area contributed by atoms with Crippen molar-refractivity contribution in [3.8, 4) is 0 Å². The Kier molecular flexibility index (Phi) is 18.0. The highest BCUT2D eigenvalue weighted by Crippen LogP contribution is 2.29. The zero-order valence-electron chi connectivity index (χ0n) is 24.0. The molecule has 0 aliphatic rings. The fourth-order valence-electron chi connectivity index (χ4n) is 4.32. The van der Waals surface area contributed by atoms with Gasteiger partial charge in [0.25, 0.3) is 0 Å². The van der Waals surface area contributed by atoms with E-state index in [1.807, 2.05) is 26.8 Å². The van der Waals surface area contributed by atoms with Crippen LogP contribution in [0.15, 0.2) is 12.3 Å². The fraction of sp³-hybridized carbons (Fsp3) is 0.857. The molecule has 0 aliphatic carbocycles. The summed E-state index contributed by atoms with van der Waals surface area (Å²) in [4.78, 5) is 24.9. The minimum atomic E-state index is -0.284. The average Bonchev–Trinajstić information content (AvgIpc) is 2.84. The summed E-state index contributed by atoms with van der Waals surface area (Å²) in [7, 11) is 5.14. The molecule has 0 aliphatic heterocycles. The minimum Gasteiger partial charge on any atom is -0.462 e. The number of hydrogen-bond donors (Lipinski definition) is 0. The van der Waals surface area contributed by atoms with Gasteiger partial charge in [0.2, 0.25) is 6.41 Å². The third kappa shape index (κ3) is 12.9. The van der Waals surface area contributed by atoms with Crippen molar-refractivity contribution in [2.24, 2.45) is 23.7 Å². The number of esters is 1. The van der Waals surface area contributed by atoms with Gasteiger partial charge >= 0.3 is 5.97 Å². The number of amides is 1. The standard InChI is InChI=1S/C28H53NO6/c1-11-17-34-24(12-2)18-26(32-9)21(5)13-14-25(35-28(31)20(3)4)23(7)27(33-10)22(6)15-16-29(8)19-30/h15-16,19-27H,11-14,17-18H2,1-10H3/b16-15+/t21-,22+,23-,24+,25+,26-,27+/m0/s1. The Balaban J connectivity index is 5.45. The lowest BCUT2D eigenvalue weighted by Gasteiger charge is -2.34. The van der Waals surface area contributed by atoms with Gasteiger partial charge in [-0.1, -0.05) is 54.5 Å². The second kappa shape index (κ2) is 18.8. The van der Waals surface area contributed by atoms with Crippen LogP contribution in [0.2, 0.25) is 0 Å². The summed E-state index contributed by atoms with van der Waals surface area (Å²) in [5, 5.41) is 0. The largest absolute Gasteiger partial charge is 0.462 e. The van der Waals surface area contributed by atoms with Crippen LogP contribution in [0.1, 0.15) is 80.6 Å². The Labute approximate surface area is 214 Å². The Morgan fingerprint density at radius 3 is 2.11 bits per heavy atom. The number of rotatable bonds is 20. The molecule has 0 spiro atoms. The van der Waals surface area contributed by atoms with E-state index in [0.29, 0.717) is 0 Å². The second-order valence-corrected chi connectivity index (χ2v) is 10.1. The molecule has 0 unspecified atom stereocenters. The lowest BCUT2D eigenvalue weighted by molar-refractivity contribution is -0.159. The third-order valence-electron chi connectivity index (χ3n) is 6.78. The van der Waals surface area contributed by atoms with E-state index >= 15 is 0 Å². The number of carbonyl (C=O) groups is 2. The zero-order chi connectivity index (χ0) is 27.0. The molecule has 0 bridgehead atoms. The molecule has 0 radical (unpaired) electrons. The predicted octanol–water partition coefficient (Wildman–Crippen LogP) is 5.47. The van der Waals surface area contributed by atoms with Crippen molar-refractivity contribution < 1.29 is 28.5 Å². The van der Waals surface area contributed by atoms with Crippen LogP contribution in [-0.2, 0) is 28.5 Å². The van der Waals surface area contributed by atoms with Crippen LogP contribution < -0.4 is 0 Å². The summed E-state index contributed by atoms with van der Waals surface area (Å²) in [5.74, 6) is -0.118. The number of ether oxygens (including phenoxy) is 4. The van der Waals surface area contributed by atoms with Crippen LogP contribution in [0.3, 0.4) is 0 Å². The van der Waals surface area contributed by atoms with E-state index in [2.05, 4.69) is 27.7 Å². The summed E-state index contributed by atoms with van der Waals surface area (Å²) in [6.45, 7) is 15.0. The molecule has 7 nitrogen and oxygen atoms in total. The lowest BCUT2D eigenvalue weighted by Crippen LogP contribution is -2.39. The third-order valence-corrected chi connectivity index (χ3v) is 6.78. The van der Waals surface area contributed by atoms with Gasteiger partial charge in [-0.3, -0.25) is 9.59 Å². The first-order valence-electron chi connectivity index (χ1n) is 13.3. The van der Waals surface area contributed by atoms with Crippen molar-refractivity contribution >= 4 is 12.4 Å². The zero-order valence-corrected chi connectivity index (χ0v) is 24.0. The van der Waals surface area contributed by atoms with Gasteiger partial charge in [0, 0.05) is 45.9 Å². The van der Waals surface area contributed by atoms with E-state index in [1.54, 1.807) is 27.5 Å². The molecular weight excluding hydrogens is 446 g/mol. The highest BCUT2D eigenvalue weighted by molar-refractivity contribution is 5.71. The summed E-state index contributed by atoms with van der Waals surface area (Å²) in [6.07, 6.45) is 8.64. The van der Waals surface area contributed by atoms with Gasteiger partial charge in [0.05, 0.1) is 24.2 Å². The summed E-state index contributed by atoms with van der Waals surface area (Å²) in [6, 6.07) is 0. The highest BCUT2D eigenvalue weighted by Gasteiger charge is 2.33. The molecule has 1 amide bonds. The smallest absolute Gasteiger partial charge is 0.308 e. The first kappa shape index (κ1) is 33.6. The van der Waals surface area contributed by atoms with Crippen molar-refractivity contribution in [3.63, 3.8) is 0 Å². The van der Waals surface area contributed by atoms with E-state index < -0.39 is 0 Å². The van der Waals surface area contributed by atoms with Gasteiger partial charge in [0.1, 0.15) is 6.10 Å². The SMILES string of the molecule is CCCO[C@H](CC)C[C@H](OC)[C@@H](C)CC[C@@H](OC(=O)C(C)C)[C@H](C)[C@H](OC)[C@H](C)/C=C/N(C)C=O. The normalized spacial score (nSPS) is 18.0. The molecule has 0 heterocycles. The maximum atomic E-state index is 12.5. The van der Waals surface area contributed by atoms with E-state index in [0.717, 1.165) is 45.1 Å². The second-order valence-electron chi connectivity index (χ2n) is 10.1. The van der Waals surface area contributed by atoms with E-state index in [-0.39, 0.29) is 54.1 Å². The van der Waals surface area contributed by atoms with E-state index in [4.69, 9.17) is 18.9 Å². The van der Waals surface area contributed by atoms with E-state index in [9.17, 15) is 9.59 Å². The molecule has 0 aromatic rings. The number of nitrogens with zero attached hydrogens (tertiary/aromatic N) is 1. The molecule has 0 aromatic carbocycles. The van der Waals surface area contributed by atoms with Crippen molar-refractivity contribution in [3.05, 3.63) is 12.3 Å². The van der Waals surface area contributed by atoms with Crippen LogP contribution in [-0.4, -0.2) is 69.6 Å². The molecule has 0 fully saturated rings. The maximum absolute atomic E-state index is 12.5. The average molecular weight is 500 g/mol. The summed E-state index contributed by atoms with van der Waals surface area (Å²) >= 11 is 0. The van der Waals surface area contributed by atoms with Crippen LogP contribution in [0.25, 0.3) is 0 Å². The van der Waals surface area contributed by atoms with Gasteiger partial charge in [-0.25, -0.2) is 0 Å². The van der Waals surface area contributed by atoms with Crippen molar-refractivity contribution in [1.82, 2.24) is 4.90 Å². The quantitative estimate of drug-likeness (QED) is 0.163. The molecule has 35 heavy (non-hydrogen) atoms. The van der Waals surface area contributed by atoms with Gasteiger partial charge in [-0.2, -0.15) is 0 Å². The summed E-state index contributed by atoms with van der Waals surface area (Å²) in [5.41, 5.74) is 0. The maximum Gasteiger partial charge on any atom is 0.308 e. The molecule has 7 heteroatoms. The molecule has 0 N–H and O–H groups in total.